The molecule has 7 heteroatoms. The molecule has 0 unspecified atom stereocenters. The Hall–Kier alpha value is -1.96. The number of hydrogen-bond donors (Lipinski definition) is 1. The van der Waals surface area contributed by atoms with Gasteiger partial charge in [-0.2, -0.15) is 0 Å². The fourth-order valence-corrected chi connectivity index (χ4v) is 3.18. The van der Waals surface area contributed by atoms with Gasteiger partial charge in [0.2, 0.25) is 0 Å². The average Bonchev–Trinajstić information content (AvgIpc) is 3.10. The number of methoxy groups -OCH3 is 1. The van der Waals surface area contributed by atoms with Crippen molar-refractivity contribution in [3.63, 3.8) is 0 Å². The van der Waals surface area contributed by atoms with Crippen LogP contribution in [0.2, 0.25) is 0 Å². The zero-order valence-corrected chi connectivity index (χ0v) is 14.5. The van der Waals surface area contributed by atoms with Gasteiger partial charge in [0.25, 0.3) is 11.8 Å². The van der Waals surface area contributed by atoms with Gasteiger partial charge in [0.15, 0.2) is 5.79 Å². The molecule has 1 aromatic carbocycles. The molecule has 1 N–H and O–H groups in total. The maximum Gasteiger partial charge on any atom is 0.253 e. The molecule has 0 saturated carbocycles. The van der Waals surface area contributed by atoms with Gasteiger partial charge in [-0.15, -0.1) is 0 Å². The molecule has 7 nitrogen and oxygen atoms in total. The molecule has 0 bridgehead atoms. The lowest BCUT2D eigenvalue weighted by atomic mass is 10.0. The number of piperidine rings is 1. The van der Waals surface area contributed by atoms with E-state index in [-0.39, 0.29) is 11.8 Å². The molecule has 0 aliphatic carbocycles. The maximum atomic E-state index is 12.7. The molecular formula is C18H24N2O5. The second kappa shape index (κ2) is 7.95. The Morgan fingerprint density at radius 3 is 2.56 bits per heavy atom. The maximum absolute atomic E-state index is 12.7. The Labute approximate surface area is 147 Å². The average molecular weight is 348 g/mol. The predicted octanol–water partition coefficient (Wildman–Crippen LogP) is 1.04. The van der Waals surface area contributed by atoms with Crippen LogP contribution in [0.5, 0.6) is 0 Å². The summed E-state index contributed by atoms with van der Waals surface area (Å²) in [6, 6.07) is 6.80. The Kier molecular flexibility index (Phi) is 5.67. The molecule has 1 aromatic rings. The van der Waals surface area contributed by atoms with E-state index in [0.717, 1.165) is 0 Å². The molecule has 0 atom stereocenters. The summed E-state index contributed by atoms with van der Waals surface area (Å²) in [5, 5.41) is 2.76. The van der Waals surface area contributed by atoms with Crippen LogP contribution < -0.4 is 5.32 Å². The number of benzene rings is 1. The molecule has 2 heterocycles. The first-order valence-corrected chi connectivity index (χ1v) is 8.58. The summed E-state index contributed by atoms with van der Waals surface area (Å²) in [5.74, 6) is -0.781. The lowest BCUT2D eigenvalue weighted by Gasteiger charge is -2.37. The molecule has 2 fully saturated rings. The molecule has 2 saturated heterocycles. The number of ether oxygens (including phenoxy) is 3. The molecule has 2 amide bonds. The molecule has 1 spiro atoms. The number of carbonyl (C=O) groups excluding carboxylic acids is 2. The molecule has 2 aliphatic heterocycles. The number of carbonyl (C=O) groups is 2. The summed E-state index contributed by atoms with van der Waals surface area (Å²) in [6.45, 7) is 3.29. The van der Waals surface area contributed by atoms with Crippen LogP contribution in [0.1, 0.15) is 33.6 Å². The zero-order valence-electron chi connectivity index (χ0n) is 14.5. The third-order valence-corrected chi connectivity index (χ3v) is 4.59. The van der Waals surface area contributed by atoms with E-state index in [9.17, 15) is 9.59 Å². The van der Waals surface area contributed by atoms with E-state index in [2.05, 4.69) is 5.32 Å². The lowest BCUT2D eigenvalue weighted by Crippen LogP contribution is -2.47. The third-order valence-electron chi connectivity index (χ3n) is 4.59. The minimum atomic E-state index is -0.500. The van der Waals surface area contributed by atoms with Crippen LogP contribution in [0.3, 0.4) is 0 Å². The van der Waals surface area contributed by atoms with E-state index in [1.54, 1.807) is 36.3 Å². The van der Waals surface area contributed by atoms with Crippen LogP contribution in [0.15, 0.2) is 24.3 Å². The minimum absolute atomic E-state index is 0.0700. The largest absolute Gasteiger partial charge is 0.383 e. The van der Waals surface area contributed by atoms with Crippen molar-refractivity contribution >= 4 is 11.8 Å². The summed E-state index contributed by atoms with van der Waals surface area (Å²) < 4.78 is 16.3. The number of amides is 2. The third kappa shape index (κ3) is 4.18. The van der Waals surface area contributed by atoms with E-state index in [4.69, 9.17) is 14.2 Å². The van der Waals surface area contributed by atoms with Crippen molar-refractivity contribution in [2.75, 3.05) is 46.6 Å². The highest BCUT2D eigenvalue weighted by atomic mass is 16.7. The van der Waals surface area contributed by atoms with Crippen molar-refractivity contribution in [3.05, 3.63) is 35.4 Å². The summed E-state index contributed by atoms with van der Waals surface area (Å²) in [4.78, 5) is 26.6. The molecular weight excluding hydrogens is 324 g/mol. The smallest absolute Gasteiger partial charge is 0.253 e. The second-order valence-corrected chi connectivity index (χ2v) is 6.23. The highest BCUT2D eigenvalue weighted by Gasteiger charge is 2.40. The topological polar surface area (TPSA) is 77.1 Å². The first kappa shape index (κ1) is 17.8. The van der Waals surface area contributed by atoms with Crippen molar-refractivity contribution < 1.29 is 23.8 Å². The molecule has 0 radical (unpaired) electrons. The second-order valence-electron chi connectivity index (χ2n) is 6.23. The van der Waals surface area contributed by atoms with E-state index in [1.165, 1.54) is 0 Å². The van der Waals surface area contributed by atoms with Gasteiger partial charge in [0, 0.05) is 50.7 Å². The highest BCUT2D eigenvalue weighted by Crippen LogP contribution is 2.31. The van der Waals surface area contributed by atoms with Crippen molar-refractivity contribution in [1.82, 2.24) is 10.2 Å². The number of nitrogens with zero attached hydrogens (tertiary/aromatic N) is 1. The van der Waals surface area contributed by atoms with E-state index < -0.39 is 5.79 Å². The van der Waals surface area contributed by atoms with Gasteiger partial charge in [0.1, 0.15) is 0 Å². The van der Waals surface area contributed by atoms with Crippen LogP contribution in [0, 0.1) is 0 Å². The van der Waals surface area contributed by atoms with Gasteiger partial charge in [0.05, 0.1) is 19.8 Å². The minimum Gasteiger partial charge on any atom is -0.383 e. The summed E-state index contributed by atoms with van der Waals surface area (Å²) >= 11 is 0. The Bertz CT molecular complexity index is 618. The SMILES string of the molecule is COCCNC(=O)c1cccc(C(=O)N2CCC3(CC2)OCCO3)c1. The summed E-state index contributed by atoms with van der Waals surface area (Å²) in [7, 11) is 1.58. The molecule has 0 aromatic heterocycles. The van der Waals surface area contributed by atoms with E-state index >= 15 is 0 Å². The molecule has 2 aliphatic rings. The summed E-state index contributed by atoms with van der Waals surface area (Å²) in [6.07, 6.45) is 1.35. The number of likely N-dealkylation sites (tertiary alicyclic amines) is 1. The quantitative estimate of drug-likeness (QED) is 0.805. The van der Waals surface area contributed by atoms with Crippen LogP contribution >= 0.6 is 0 Å². The van der Waals surface area contributed by atoms with E-state index in [0.29, 0.717) is 63.4 Å². The van der Waals surface area contributed by atoms with E-state index in [1.807, 2.05) is 0 Å². The Morgan fingerprint density at radius 1 is 1.20 bits per heavy atom. The van der Waals surface area contributed by atoms with Gasteiger partial charge in [-0.05, 0) is 18.2 Å². The van der Waals surface area contributed by atoms with Crippen molar-refractivity contribution in [3.8, 4) is 0 Å². The molecule has 136 valence electrons. The first-order chi connectivity index (χ1) is 12.1. The fraction of sp³-hybridized carbons (Fsp3) is 0.556. The van der Waals surface area contributed by atoms with Crippen molar-refractivity contribution in [1.29, 1.82) is 0 Å². The van der Waals surface area contributed by atoms with Crippen LogP contribution in [0.4, 0.5) is 0 Å². The van der Waals surface area contributed by atoms with Crippen LogP contribution in [-0.4, -0.2) is 69.1 Å². The van der Waals surface area contributed by atoms with Crippen molar-refractivity contribution in [2.45, 2.75) is 18.6 Å². The monoisotopic (exact) mass is 348 g/mol. The zero-order chi connectivity index (χ0) is 17.7. The van der Waals surface area contributed by atoms with Crippen molar-refractivity contribution in [2.24, 2.45) is 0 Å². The Balaban J connectivity index is 1.60. The van der Waals surface area contributed by atoms with Gasteiger partial charge in [-0.3, -0.25) is 9.59 Å². The van der Waals surface area contributed by atoms with Gasteiger partial charge < -0.3 is 24.4 Å². The lowest BCUT2D eigenvalue weighted by molar-refractivity contribution is -0.181. The predicted molar refractivity (Wildman–Crippen MR) is 90.4 cm³/mol. The number of hydrogen-bond acceptors (Lipinski definition) is 5. The van der Waals surface area contributed by atoms with Crippen LogP contribution in [-0.2, 0) is 14.2 Å². The normalized spacial score (nSPS) is 19.2. The van der Waals surface area contributed by atoms with Gasteiger partial charge >= 0.3 is 0 Å². The van der Waals surface area contributed by atoms with Gasteiger partial charge in [-0.25, -0.2) is 0 Å². The number of nitrogens with one attached hydrogen (secondary N) is 1. The number of rotatable bonds is 5. The fourth-order valence-electron chi connectivity index (χ4n) is 3.18. The standard InChI is InChI=1S/C18H24N2O5/c1-23-10-7-19-16(21)14-3-2-4-15(13-14)17(22)20-8-5-18(6-9-20)24-11-12-25-18/h2-4,13H,5-12H2,1H3,(H,19,21). The molecule has 3 rings (SSSR count). The van der Waals surface area contributed by atoms with Gasteiger partial charge in [-0.1, -0.05) is 6.07 Å². The Morgan fingerprint density at radius 2 is 1.88 bits per heavy atom. The first-order valence-electron chi connectivity index (χ1n) is 8.58. The van der Waals surface area contributed by atoms with Crippen LogP contribution in [0.25, 0.3) is 0 Å². The molecule has 25 heavy (non-hydrogen) atoms. The highest BCUT2D eigenvalue weighted by molar-refractivity contribution is 5.99. The summed E-state index contributed by atoms with van der Waals surface area (Å²) in [5.41, 5.74) is 0.987.